The van der Waals surface area contributed by atoms with E-state index in [0.29, 0.717) is 6.61 Å². The van der Waals surface area contributed by atoms with Crippen molar-refractivity contribution in [3.63, 3.8) is 0 Å². The Morgan fingerprint density at radius 2 is 2.21 bits per heavy atom. The summed E-state index contributed by atoms with van der Waals surface area (Å²) in [7, 11) is 0. The van der Waals surface area contributed by atoms with Gasteiger partial charge in [0.25, 0.3) is 0 Å². The number of rotatable bonds is 3. The van der Waals surface area contributed by atoms with Crippen LogP contribution in [0.25, 0.3) is 0 Å². The fourth-order valence-corrected chi connectivity index (χ4v) is 3.07. The van der Waals surface area contributed by atoms with Gasteiger partial charge in [0.15, 0.2) is 5.60 Å². The average molecular weight is 258 g/mol. The first kappa shape index (κ1) is 12.4. The molecule has 0 aromatic heterocycles. The van der Waals surface area contributed by atoms with E-state index in [1.54, 1.807) is 0 Å². The number of hydrogen-bond acceptors (Lipinski definition) is 3. The Labute approximate surface area is 113 Å². The standard InChI is InChI=1S/C16H18O3/c1-2-18-15(17)16(12-8-4-3-5-9-12)13-10-6-7-11-14(13)19-16/h3-6,8-10,13-14H,2,7,11H2,1H3/t13-,14+,16+/m1/s1. The maximum absolute atomic E-state index is 12.4. The highest BCUT2D eigenvalue weighted by molar-refractivity contribution is 5.83. The molecule has 1 aliphatic carbocycles. The zero-order valence-electron chi connectivity index (χ0n) is 11.0. The van der Waals surface area contributed by atoms with E-state index < -0.39 is 5.60 Å². The summed E-state index contributed by atoms with van der Waals surface area (Å²) in [6, 6.07) is 9.68. The molecular weight excluding hydrogens is 240 g/mol. The molecule has 3 rings (SSSR count). The molecule has 0 amide bonds. The Balaban J connectivity index is 2.00. The third-order valence-corrected chi connectivity index (χ3v) is 3.95. The van der Waals surface area contributed by atoms with Crippen molar-refractivity contribution in [2.24, 2.45) is 5.92 Å². The molecule has 0 spiro atoms. The van der Waals surface area contributed by atoms with Crippen molar-refractivity contribution in [2.75, 3.05) is 6.61 Å². The van der Waals surface area contributed by atoms with Crippen molar-refractivity contribution in [3.05, 3.63) is 48.0 Å². The molecule has 0 saturated carbocycles. The zero-order valence-corrected chi connectivity index (χ0v) is 11.0. The third kappa shape index (κ3) is 1.80. The Bertz CT molecular complexity index is 494. The van der Waals surface area contributed by atoms with Gasteiger partial charge >= 0.3 is 5.97 Å². The smallest absolute Gasteiger partial charge is 0.343 e. The summed E-state index contributed by atoms with van der Waals surface area (Å²) in [4.78, 5) is 12.4. The fraction of sp³-hybridized carbons (Fsp3) is 0.438. The number of benzene rings is 1. The number of fused-ring (bicyclic) bond motifs is 1. The molecule has 1 fully saturated rings. The second-order valence-corrected chi connectivity index (χ2v) is 5.01. The molecule has 1 aliphatic heterocycles. The van der Waals surface area contributed by atoms with Crippen molar-refractivity contribution in [1.29, 1.82) is 0 Å². The summed E-state index contributed by atoms with van der Waals surface area (Å²) in [5.74, 6) is -0.170. The molecule has 1 aromatic rings. The van der Waals surface area contributed by atoms with E-state index in [1.165, 1.54) is 0 Å². The second-order valence-electron chi connectivity index (χ2n) is 5.01. The van der Waals surface area contributed by atoms with Gasteiger partial charge in [0, 0.05) is 5.92 Å². The monoisotopic (exact) mass is 258 g/mol. The molecule has 0 N–H and O–H groups in total. The summed E-state index contributed by atoms with van der Waals surface area (Å²) in [5.41, 5.74) is -0.0416. The minimum Gasteiger partial charge on any atom is -0.464 e. The average Bonchev–Trinajstić information content (AvgIpc) is 2.42. The molecule has 19 heavy (non-hydrogen) atoms. The van der Waals surface area contributed by atoms with Gasteiger partial charge in [-0.25, -0.2) is 4.79 Å². The van der Waals surface area contributed by atoms with Crippen molar-refractivity contribution in [3.8, 4) is 0 Å². The fourth-order valence-electron chi connectivity index (χ4n) is 3.07. The van der Waals surface area contributed by atoms with Gasteiger partial charge in [0.1, 0.15) is 0 Å². The maximum Gasteiger partial charge on any atom is 0.343 e. The highest BCUT2D eigenvalue weighted by Crippen LogP contribution is 2.51. The van der Waals surface area contributed by atoms with Gasteiger partial charge in [0.05, 0.1) is 12.7 Å². The molecule has 1 aromatic carbocycles. The molecule has 3 atom stereocenters. The van der Waals surface area contributed by atoms with Gasteiger partial charge < -0.3 is 9.47 Å². The van der Waals surface area contributed by atoms with E-state index in [9.17, 15) is 4.79 Å². The lowest BCUT2D eigenvalue weighted by Crippen LogP contribution is -2.62. The Kier molecular flexibility index (Phi) is 3.15. The molecule has 3 heteroatoms. The predicted molar refractivity (Wildman–Crippen MR) is 71.5 cm³/mol. The zero-order chi connectivity index (χ0) is 13.3. The van der Waals surface area contributed by atoms with Crippen LogP contribution in [0.3, 0.4) is 0 Å². The van der Waals surface area contributed by atoms with Crippen LogP contribution in [-0.4, -0.2) is 18.7 Å². The van der Waals surface area contributed by atoms with Crippen LogP contribution in [0.1, 0.15) is 25.3 Å². The van der Waals surface area contributed by atoms with Crippen LogP contribution >= 0.6 is 0 Å². The first-order valence-corrected chi connectivity index (χ1v) is 6.86. The molecular formula is C16H18O3. The van der Waals surface area contributed by atoms with Gasteiger partial charge in [-0.1, -0.05) is 42.5 Å². The number of hydrogen-bond donors (Lipinski definition) is 0. The summed E-state index contributed by atoms with van der Waals surface area (Å²) in [6.45, 7) is 2.20. The summed E-state index contributed by atoms with van der Waals surface area (Å²) < 4.78 is 11.3. The Hall–Kier alpha value is -1.61. The van der Waals surface area contributed by atoms with Crippen molar-refractivity contribution < 1.29 is 14.3 Å². The van der Waals surface area contributed by atoms with E-state index in [2.05, 4.69) is 12.2 Å². The first-order chi connectivity index (χ1) is 9.29. The van der Waals surface area contributed by atoms with Crippen LogP contribution in [-0.2, 0) is 19.9 Å². The largest absolute Gasteiger partial charge is 0.464 e. The van der Waals surface area contributed by atoms with E-state index >= 15 is 0 Å². The van der Waals surface area contributed by atoms with E-state index in [-0.39, 0.29) is 18.0 Å². The lowest BCUT2D eigenvalue weighted by molar-refractivity contribution is -0.261. The summed E-state index contributed by atoms with van der Waals surface area (Å²) >= 11 is 0. The molecule has 2 aliphatic rings. The lowest BCUT2D eigenvalue weighted by Gasteiger charge is -2.53. The van der Waals surface area contributed by atoms with Gasteiger partial charge in [-0.05, 0) is 25.3 Å². The van der Waals surface area contributed by atoms with Crippen LogP contribution in [0.15, 0.2) is 42.5 Å². The number of allylic oxidation sites excluding steroid dienone is 1. The van der Waals surface area contributed by atoms with E-state index in [1.807, 2.05) is 37.3 Å². The minimum atomic E-state index is -0.932. The van der Waals surface area contributed by atoms with Crippen LogP contribution in [0.4, 0.5) is 0 Å². The number of ether oxygens (including phenoxy) is 2. The lowest BCUT2D eigenvalue weighted by atomic mass is 9.69. The summed E-state index contributed by atoms with van der Waals surface area (Å²) in [5, 5.41) is 0. The quantitative estimate of drug-likeness (QED) is 0.618. The van der Waals surface area contributed by atoms with Crippen molar-refractivity contribution in [2.45, 2.75) is 31.5 Å². The van der Waals surface area contributed by atoms with Crippen molar-refractivity contribution in [1.82, 2.24) is 0 Å². The third-order valence-electron chi connectivity index (χ3n) is 3.95. The number of esters is 1. The Morgan fingerprint density at radius 3 is 2.89 bits per heavy atom. The highest BCUT2D eigenvalue weighted by atomic mass is 16.6. The molecule has 0 bridgehead atoms. The summed E-state index contributed by atoms with van der Waals surface area (Å²) in [6.07, 6.45) is 6.40. The molecule has 3 nitrogen and oxygen atoms in total. The Morgan fingerprint density at radius 1 is 1.42 bits per heavy atom. The normalized spacial score (nSPS) is 32.3. The topological polar surface area (TPSA) is 35.5 Å². The molecule has 1 saturated heterocycles. The molecule has 0 unspecified atom stereocenters. The SMILES string of the molecule is CCOC(=O)[C@@]1(c2ccccc2)O[C@H]2CCC=C[C@H]21. The van der Waals surface area contributed by atoms with Crippen LogP contribution in [0, 0.1) is 5.92 Å². The van der Waals surface area contributed by atoms with E-state index in [4.69, 9.17) is 9.47 Å². The van der Waals surface area contributed by atoms with Crippen LogP contribution in [0.5, 0.6) is 0 Å². The van der Waals surface area contributed by atoms with Gasteiger partial charge in [-0.2, -0.15) is 0 Å². The molecule has 0 radical (unpaired) electrons. The second kappa shape index (κ2) is 4.82. The number of carbonyl (C=O) groups excluding carboxylic acids is 1. The highest BCUT2D eigenvalue weighted by Gasteiger charge is 2.61. The van der Waals surface area contributed by atoms with Gasteiger partial charge in [0.2, 0.25) is 0 Å². The van der Waals surface area contributed by atoms with Crippen LogP contribution < -0.4 is 0 Å². The maximum atomic E-state index is 12.4. The minimum absolute atomic E-state index is 0.0997. The van der Waals surface area contributed by atoms with Crippen molar-refractivity contribution >= 4 is 5.97 Å². The number of carbonyl (C=O) groups is 1. The van der Waals surface area contributed by atoms with Gasteiger partial charge in [-0.15, -0.1) is 0 Å². The molecule has 100 valence electrons. The van der Waals surface area contributed by atoms with Crippen LogP contribution in [0.2, 0.25) is 0 Å². The predicted octanol–water partition coefficient (Wildman–Crippen LogP) is 2.81. The first-order valence-electron chi connectivity index (χ1n) is 6.86. The van der Waals surface area contributed by atoms with E-state index in [0.717, 1.165) is 18.4 Å². The van der Waals surface area contributed by atoms with Gasteiger partial charge in [-0.3, -0.25) is 0 Å². The molecule has 1 heterocycles.